The van der Waals surface area contributed by atoms with Crippen LogP contribution in [0.15, 0.2) is 78.9 Å². The highest BCUT2D eigenvalue weighted by molar-refractivity contribution is 6.21. The molecular formula is C28H27NO6. The number of rotatable bonds is 12. The van der Waals surface area contributed by atoms with E-state index in [1.807, 2.05) is 54.6 Å². The number of nitrogens with zero attached hydrogens (tertiary/aromatic N) is 1. The van der Waals surface area contributed by atoms with Crippen molar-refractivity contribution in [1.29, 1.82) is 0 Å². The highest BCUT2D eigenvalue weighted by Crippen LogP contribution is 2.24. The van der Waals surface area contributed by atoms with Crippen LogP contribution < -0.4 is 4.74 Å². The number of epoxide rings is 1. The SMILES string of the molecule is O=C1c2ccccc2C(=O)N1CC(COCc1ccccc1)Oc1ccc(COCC2CO2)cc1. The smallest absolute Gasteiger partial charge is 0.261 e. The Morgan fingerprint density at radius 3 is 2.06 bits per heavy atom. The third-order valence-electron chi connectivity index (χ3n) is 5.88. The first-order valence-corrected chi connectivity index (χ1v) is 11.7. The third kappa shape index (κ3) is 5.95. The normalized spacial score (nSPS) is 17.4. The number of benzene rings is 3. The lowest BCUT2D eigenvalue weighted by molar-refractivity contribution is 0.0224. The van der Waals surface area contributed by atoms with Gasteiger partial charge in [-0.05, 0) is 35.4 Å². The van der Waals surface area contributed by atoms with E-state index >= 15 is 0 Å². The Labute approximate surface area is 204 Å². The number of fused-ring (bicyclic) bond motifs is 1. The van der Waals surface area contributed by atoms with E-state index in [1.165, 1.54) is 4.90 Å². The second-order valence-corrected chi connectivity index (χ2v) is 8.62. The van der Waals surface area contributed by atoms with Crippen LogP contribution in [-0.4, -0.2) is 55.3 Å². The molecular weight excluding hydrogens is 446 g/mol. The van der Waals surface area contributed by atoms with E-state index < -0.39 is 6.10 Å². The number of hydrogen-bond acceptors (Lipinski definition) is 6. The van der Waals surface area contributed by atoms with Gasteiger partial charge >= 0.3 is 0 Å². The Bertz CT molecular complexity index is 1120. The minimum atomic E-state index is -0.532. The van der Waals surface area contributed by atoms with Crippen molar-refractivity contribution in [2.24, 2.45) is 0 Å². The monoisotopic (exact) mass is 473 g/mol. The van der Waals surface area contributed by atoms with Crippen LogP contribution in [0.3, 0.4) is 0 Å². The number of amides is 2. The Morgan fingerprint density at radius 1 is 0.800 bits per heavy atom. The van der Waals surface area contributed by atoms with Gasteiger partial charge in [-0.15, -0.1) is 0 Å². The van der Waals surface area contributed by atoms with E-state index in [4.69, 9.17) is 18.9 Å². The lowest BCUT2D eigenvalue weighted by Gasteiger charge is -2.24. The largest absolute Gasteiger partial charge is 0.486 e. The van der Waals surface area contributed by atoms with Gasteiger partial charge in [0.15, 0.2) is 0 Å². The standard InChI is InChI=1S/C28H27NO6/c30-27-25-8-4-5-9-26(25)28(31)29(27)14-23(17-32-15-20-6-2-1-3-7-20)35-22-12-10-21(11-13-22)16-33-18-24-19-34-24/h1-13,23-24H,14-19H2. The molecule has 0 radical (unpaired) electrons. The summed E-state index contributed by atoms with van der Waals surface area (Å²) in [5, 5.41) is 0. The summed E-state index contributed by atoms with van der Waals surface area (Å²) >= 11 is 0. The van der Waals surface area contributed by atoms with E-state index in [2.05, 4.69) is 0 Å². The molecule has 0 saturated carbocycles. The van der Waals surface area contributed by atoms with Crippen molar-refractivity contribution in [3.05, 3.63) is 101 Å². The van der Waals surface area contributed by atoms with Crippen LogP contribution >= 0.6 is 0 Å². The first-order valence-electron chi connectivity index (χ1n) is 11.7. The first-order chi connectivity index (χ1) is 17.2. The fourth-order valence-corrected chi connectivity index (χ4v) is 3.94. The van der Waals surface area contributed by atoms with Crippen molar-refractivity contribution >= 4 is 11.8 Å². The Morgan fingerprint density at radius 2 is 1.40 bits per heavy atom. The average Bonchev–Trinajstić information content (AvgIpc) is 3.69. The van der Waals surface area contributed by atoms with E-state index in [-0.39, 0.29) is 31.1 Å². The second kappa shape index (κ2) is 10.8. The molecule has 180 valence electrons. The van der Waals surface area contributed by atoms with Gasteiger partial charge in [0.05, 0.1) is 50.7 Å². The molecule has 2 unspecified atom stereocenters. The molecule has 2 heterocycles. The predicted octanol–water partition coefficient (Wildman–Crippen LogP) is 3.86. The summed E-state index contributed by atoms with van der Waals surface area (Å²) in [6.45, 7) is 2.58. The Balaban J connectivity index is 1.23. The molecule has 7 nitrogen and oxygen atoms in total. The molecule has 2 amide bonds. The molecule has 0 aromatic heterocycles. The topological polar surface area (TPSA) is 77.6 Å². The number of imide groups is 1. The molecule has 0 N–H and O–H groups in total. The summed E-state index contributed by atoms with van der Waals surface area (Å²) in [4.78, 5) is 27.0. The Kier molecular flexibility index (Phi) is 7.18. The van der Waals surface area contributed by atoms with Crippen molar-refractivity contribution in [3.8, 4) is 5.75 Å². The van der Waals surface area contributed by atoms with Gasteiger partial charge in [-0.1, -0.05) is 54.6 Å². The van der Waals surface area contributed by atoms with E-state index in [0.29, 0.717) is 36.7 Å². The summed E-state index contributed by atoms with van der Waals surface area (Å²) in [6, 6.07) is 24.3. The number of carbonyl (C=O) groups excluding carboxylic acids is 2. The lowest BCUT2D eigenvalue weighted by atomic mass is 10.1. The molecule has 3 aromatic rings. The maximum atomic E-state index is 12.9. The van der Waals surface area contributed by atoms with E-state index in [9.17, 15) is 9.59 Å². The summed E-state index contributed by atoms with van der Waals surface area (Å²) in [5.74, 6) is 0.00740. The zero-order chi connectivity index (χ0) is 24.0. The number of hydrogen-bond donors (Lipinski definition) is 0. The van der Waals surface area contributed by atoms with Gasteiger partial charge in [0.25, 0.3) is 11.8 Å². The van der Waals surface area contributed by atoms with Crippen molar-refractivity contribution in [3.63, 3.8) is 0 Å². The van der Waals surface area contributed by atoms with Gasteiger partial charge in [0.1, 0.15) is 18.0 Å². The maximum absolute atomic E-state index is 12.9. The van der Waals surface area contributed by atoms with Gasteiger partial charge in [-0.3, -0.25) is 14.5 Å². The van der Waals surface area contributed by atoms with Crippen molar-refractivity contribution in [2.75, 3.05) is 26.4 Å². The fourth-order valence-electron chi connectivity index (χ4n) is 3.94. The molecule has 3 aromatic carbocycles. The highest BCUT2D eigenvalue weighted by atomic mass is 16.6. The van der Waals surface area contributed by atoms with Gasteiger partial charge in [-0.25, -0.2) is 0 Å². The van der Waals surface area contributed by atoms with Crippen molar-refractivity contribution in [2.45, 2.75) is 25.4 Å². The van der Waals surface area contributed by atoms with E-state index in [1.54, 1.807) is 24.3 Å². The molecule has 2 atom stereocenters. The van der Waals surface area contributed by atoms with Crippen LogP contribution in [-0.2, 0) is 27.4 Å². The van der Waals surface area contributed by atoms with Crippen LogP contribution in [0.4, 0.5) is 0 Å². The minimum absolute atomic E-state index is 0.0907. The summed E-state index contributed by atoms with van der Waals surface area (Å²) in [6.07, 6.45) is -0.300. The first kappa shape index (κ1) is 23.2. The van der Waals surface area contributed by atoms with Crippen LogP contribution in [0.25, 0.3) is 0 Å². The molecule has 7 heteroatoms. The molecule has 1 saturated heterocycles. The van der Waals surface area contributed by atoms with Gasteiger partial charge in [-0.2, -0.15) is 0 Å². The van der Waals surface area contributed by atoms with E-state index in [0.717, 1.165) is 17.7 Å². The third-order valence-corrected chi connectivity index (χ3v) is 5.88. The van der Waals surface area contributed by atoms with Gasteiger partial charge in [0, 0.05) is 0 Å². The van der Waals surface area contributed by atoms with Gasteiger partial charge in [0.2, 0.25) is 0 Å². The minimum Gasteiger partial charge on any atom is -0.486 e. The highest BCUT2D eigenvalue weighted by Gasteiger charge is 2.37. The lowest BCUT2D eigenvalue weighted by Crippen LogP contribution is -2.41. The zero-order valence-electron chi connectivity index (χ0n) is 19.3. The number of ether oxygens (including phenoxy) is 4. The fraction of sp³-hybridized carbons (Fsp3) is 0.286. The molecule has 0 spiro atoms. The molecule has 5 rings (SSSR count). The van der Waals surface area contributed by atoms with Crippen molar-refractivity contribution in [1.82, 2.24) is 4.90 Å². The van der Waals surface area contributed by atoms with Gasteiger partial charge < -0.3 is 18.9 Å². The summed E-state index contributed by atoms with van der Waals surface area (Å²) in [5.41, 5.74) is 2.90. The summed E-state index contributed by atoms with van der Waals surface area (Å²) in [7, 11) is 0. The molecule has 35 heavy (non-hydrogen) atoms. The Hall–Kier alpha value is -3.52. The summed E-state index contributed by atoms with van der Waals surface area (Å²) < 4.78 is 22.9. The molecule has 0 aliphatic carbocycles. The molecule has 2 aliphatic heterocycles. The predicted molar refractivity (Wildman–Crippen MR) is 128 cm³/mol. The van der Waals surface area contributed by atoms with Crippen LogP contribution in [0.5, 0.6) is 5.75 Å². The maximum Gasteiger partial charge on any atom is 0.261 e. The quantitative estimate of drug-likeness (QED) is 0.294. The van der Waals surface area contributed by atoms with Crippen LogP contribution in [0.1, 0.15) is 31.8 Å². The molecule has 0 bridgehead atoms. The number of carbonyl (C=O) groups is 2. The molecule has 1 fully saturated rings. The van der Waals surface area contributed by atoms with Crippen LogP contribution in [0, 0.1) is 0 Å². The van der Waals surface area contributed by atoms with Crippen molar-refractivity contribution < 1.29 is 28.5 Å². The average molecular weight is 474 g/mol. The zero-order valence-corrected chi connectivity index (χ0v) is 19.3. The van der Waals surface area contributed by atoms with Crippen LogP contribution in [0.2, 0.25) is 0 Å². The second-order valence-electron chi connectivity index (χ2n) is 8.62. The molecule has 2 aliphatic rings.